The Morgan fingerprint density at radius 2 is 2.07 bits per heavy atom. The monoisotopic (exact) mass is 424 g/mol. The molecule has 5 rings (SSSR count). The number of nitrogens with one attached hydrogen (secondary N) is 2. The summed E-state index contributed by atoms with van der Waals surface area (Å²) in [5.74, 6) is 2.34. The van der Waals surface area contributed by atoms with E-state index in [0.717, 1.165) is 53.3 Å². The van der Waals surface area contributed by atoms with Crippen LogP contribution in [0.3, 0.4) is 0 Å². The number of nitrogens with zero attached hydrogens (tertiary/aromatic N) is 6. The molecule has 1 fully saturated rings. The summed E-state index contributed by atoms with van der Waals surface area (Å²) in [5.41, 5.74) is 3.76. The molecular weight excluding hydrogens is 396 g/mol. The molecule has 0 saturated carbocycles. The summed E-state index contributed by atoms with van der Waals surface area (Å²) in [5, 5.41) is 11.9. The largest absolute Gasteiger partial charge is 0.353 e. The molecule has 3 aromatic rings. The van der Waals surface area contributed by atoms with E-state index >= 15 is 0 Å². The molecule has 0 spiro atoms. The van der Waals surface area contributed by atoms with Gasteiger partial charge >= 0.3 is 0 Å². The summed E-state index contributed by atoms with van der Waals surface area (Å²) in [4.78, 5) is 16.7. The zero-order chi connectivity index (χ0) is 20.7. The van der Waals surface area contributed by atoms with Crippen molar-refractivity contribution in [3.05, 3.63) is 30.5 Å². The molecule has 2 N–H and O–H groups in total. The van der Waals surface area contributed by atoms with E-state index in [1.807, 2.05) is 43.5 Å². The second kappa shape index (κ2) is 8.03. The molecule has 8 nitrogen and oxygen atoms in total. The molecule has 5 heterocycles. The van der Waals surface area contributed by atoms with Crippen LogP contribution in [0.2, 0.25) is 0 Å². The number of rotatable bonds is 5. The first kappa shape index (κ1) is 19.6. The molecule has 0 radical (unpaired) electrons. The Kier molecular flexibility index (Phi) is 5.24. The lowest BCUT2D eigenvalue weighted by Gasteiger charge is -2.34. The maximum atomic E-state index is 4.81. The molecule has 3 atom stereocenters. The highest BCUT2D eigenvalue weighted by Gasteiger charge is 2.27. The van der Waals surface area contributed by atoms with Gasteiger partial charge in [-0.25, -0.2) is 9.97 Å². The number of aromatic amines is 1. The number of aryl methyl sites for hydroxylation is 1. The van der Waals surface area contributed by atoms with Gasteiger partial charge in [0.1, 0.15) is 0 Å². The molecule has 2 aliphatic rings. The fourth-order valence-corrected chi connectivity index (χ4v) is 5.72. The van der Waals surface area contributed by atoms with Crippen molar-refractivity contribution in [1.29, 1.82) is 0 Å². The fourth-order valence-electron chi connectivity index (χ4n) is 4.66. The first-order valence-corrected chi connectivity index (χ1v) is 11.5. The zero-order valence-corrected chi connectivity index (χ0v) is 18.5. The van der Waals surface area contributed by atoms with Crippen LogP contribution in [0.4, 0.5) is 5.82 Å². The number of aliphatic imine (C=N–C) groups is 1. The van der Waals surface area contributed by atoms with Gasteiger partial charge in [-0.3, -0.25) is 19.4 Å². The smallest absolute Gasteiger partial charge is 0.180 e. The van der Waals surface area contributed by atoms with Crippen molar-refractivity contribution in [2.45, 2.75) is 32.6 Å². The number of aromatic nitrogens is 5. The van der Waals surface area contributed by atoms with Gasteiger partial charge in [0.25, 0.3) is 0 Å². The molecular formula is C21H28N8S. The van der Waals surface area contributed by atoms with Crippen molar-refractivity contribution in [2.24, 2.45) is 16.8 Å². The minimum atomic E-state index is 0.187. The van der Waals surface area contributed by atoms with Gasteiger partial charge in [-0.05, 0) is 25.2 Å². The third-order valence-electron chi connectivity index (χ3n) is 5.72. The van der Waals surface area contributed by atoms with E-state index in [0.29, 0.717) is 0 Å². The number of H-pyrrole nitrogens is 1. The summed E-state index contributed by atoms with van der Waals surface area (Å²) in [6.07, 6.45) is 8.90. The van der Waals surface area contributed by atoms with Crippen LogP contribution in [0.25, 0.3) is 16.9 Å². The Balaban J connectivity index is 1.29. The lowest BCUT2D eigenvalue weighted by Crippen LogP contribution is -2.40. The summed E-state index contributed by atoms with van der Waals surface area (Å²) >= 11 is 1.83. The molecule has 1 saturated heterocycles. The first-order chi connectivity index (χ1) is 14.5. The van der Waals surface area contributed by atoms with E-state index in [9.17, 15) is 0 Å². The van der Waals surface area contributed by atoms with Gasteiger partial charge in [0.05, 0.1) is 40.7 Å². The number of imidazole rings is 1. The van der Waals surface area contributed by atoms with Crippen LogP contribution in [-0.2, 0) is 0 Å². The van der Waals surface area contributed by atoms with Crippen molar-refractivity contribution in [3.63, 3.8) is 0 Å². The van der Waals surface area contributed by atoms with Gasteiger partial charge in [-0.1, -0.05) is 25.6 Å². The zero-order valence-electron chi connectivity index (χ0n) is 17.7. The Bertz CT molecular complexity index is 1050. The molecule has 9 heteroatoms. The van der Waals surface area contributed by atoms with Gasteiger partial charge in [-0.15, -0.1) is 0 Å². The van der Waals surface area contributed by atoms with Gasteiger partial charge < -0.3 is 5.32 Å². The highest BCUT2D eigenvalue weighted by atomic mass is 32.2. The third kappa shape index (κ3) is 3.96. The normalized spacial score (nSPS) is 25.0. The quantitative estimate of drug-likeness (QED) is 0.654. The van der Waals surface area contributed by atoms with Gasteiger partial charge in [-0.2, -0.15) is 5.10 Å². The molecule has 158 valence electrons. The highest BCUT2D eigenvalue weighted by Crippen LogP contribution is 2.29. The number of anilines is 1. The topological polar surface area (TPSA) is 86.5 Å². The van der Waals surface area contributed by atoms with Crippen LogP contribution in [0.15, 0.2) is 29.8 Å². The second-order valence-corrected chi connectivity index (χ2v) is 9.96. The van der Waals surface area contributed by atoms with E-state index in [2.05, 4.69) is 43.6 Å². The number of thioether (sulfide) groups is 1. The Hall–Kier alpha value is -2.39. The number of hydrogen-bond acceptors (Lipinski definition) is 7. The van der Waals surface area contributed by atoms with E-state index in [-0.39, 0.29) is 5.37 Å². The Morgan fingerprint density at radius 1 is 1.23 bits per heavy atom. The highest BCUT2D eigenvalue weighted by molar-refractivity contribution is 8.14. The van der Waals surface area contributed by atoms with Crippen molar-refractivity contribution in [1.82, 2.24) is 29.5 Å². The van der Waals surface area contributed by atoms with Gasteiger partial charge in [0, 0.05) is 37.6 Å². The fraction of sp³-hybridized carbons (Fsp3) is 0.524. The van der Waals surface area contributed by atoms with E-state index in [1.165, 1.54) is 24.6 Å². The van der Waals surface area contributed by atoms with Crippen molar-refractivity contribution >= 4 is 28.3 Å². The SMILES string of the molecule is Cc1cn2c(-c3cn[nH]c3)cnc2c(NC2CN=C(CN3CC(C)CC(C)C3)S2)n1. The third-order valence-corrected chi connectivity index (χ3v) is 6.80. The second-order valence-electron chi connectivity index (χ2n) is 8.68. The molecule has 3 aromatic heterocycles. The van der Waals surface area contributed by atoms with E-state index in [1.54, 1.807) is 0 Å². The molecule has 0 aromatic carbocycles. The summed E-state index contributed by atoms with van der Waals surface area (Å²) in [7, 11) is 0. The molecule has 3 unspecified atom stereocenters. The van der Waals surface area contributed by atoms with Gasteiger partial charge in [0.15, 0.2) is 11.5 Å². The van der Waals surface area contributed by atoms with Crippen LogP contribution in [0.1, 0.15) is 26.0 Å². The van der Waals surface area contributed by atoms with Crippen LogP contribution in [0, 0.1) is 18.8 Å². The molecule has 0 aliphatic carbocycles. The predicted octanol–water partition coefficient (Wildman–Crippen LogP) is 3.29. The van der Waals surface area contributed by atoms with Gasteiger partial charge in [0.2, 0.25) is 0 Å². The Morgan fingerprint density at radius 3 is 2.83 bits per heavy atom. The summed E-state index contributed by atoms with van der Waals surface area (Å²) in [6, 6.07) is 0. The summed E-state index contributed by atoms with van der Waals surface area (Å²) in [6.45, 7) is 10.8. The molecule has 0 bridgehead atoms. The maximum absolute atomic E-state index is 4.81. The summed E-state index contributed by atoms with van der Waals surface area (Å²) < 4.78 is 2.08. The lowest BCUT2D eigenvalue weighted by molar-refractivity contribution is 0.160. The maximum Gasteiger partial charge on any atom is 0.180 e. The first-order valence-electron chi connectivity index (χ1n) is 10.6. The van der Waals surface area contributed by atoms with E-state index < -0.39 is 0 Å². The van der Waals surface area contributed by atoms with Crippen molar-refractivity contribution in [2.75, 3.05) is 31.5 Å². The standard InChI is InChI=1S/C21H28N8S/c1-13-4-14(2)10-28(9-13)12-19-22-8-18(30-19)27-20-21-23-7-17(16-5-24-25-6-16)29(21)11-15(3)26-20/h5-7,11,13-14,18H,4,8-10,12H2,1-3H3,(H,24,25)(H,26,27). The molecule has 0 amide bonds. The van der Waals surface area contributed by atoms with Crippen molar-refractivity contribution < 1.29 is 0 Å². The average Bonchev–Trinajstić information content (AvgIpc) is 3.41. The van der Waals surface area contributed by atoms with Crippen LogP contribution in [0.5, 0.6) is 0 Å². The predicted molar refractivity (Wildman–Crippen MR) is 122 cm³/mol. The molecule has 30 heavy (non-hydrogen) atoms. The van der Waals surface area contributed by atoms with Crippen LogP contribution >= 0.6 is 11.8 Å². The van der Waals surface area contributed by atoms with Crippen LogP contribution in [-0.4, -0.2) is 66.1 Å². The Labute approximate surface area is 180 Å². The van der Waals surface area contributed by atoms with Crippen molar-refractivity contribution in [3.8, 4) is 11.3 Å². The minimum absolute atomic E-state index is 0.187. The van der Waals surface area contributed by atoms with Crippen LogP contribution < -0.4 is 5.32 Å². The number of fused-ring (bicyclic) bond motifs is 1. The number of likely N-dealkylation sites (tertiary alicyclic amines) is 1. The number of hydrogen-bond donors (Lipinski definition) is 2. The minimum Gasteiger partial charge on any atom is -0.353 e. The number of piperidine rings is 1. The van der Waals surface area contributed by atoms with E-state index in [4.69, 9.17) is 9.98 Å². The average molecular weight is 425 g/mol. The lowest BCUT2D eigenvalue weighted by atomic mass is 9.92. The molecule has 2 aliphatic heterocycles.